The van der Waals surface area contributed by atoms with Crippen LogP contribution in [0.15, 0.2) is 48.5 Å². The number of anilines is 1. The van der Waals surface area contributed by atoms with Crippen LogP contribution in [0.1, 0.15) is 19.8 Å². The lowest BCUT2D eigenvalue weighted by Crippen LogP contribution is -2.42. The molecule has 0 fully saturated rings. The molecule has 0 aliphatic heterocycles. The van der Waals surface area contributed by atoms with E-state index in [0.29, 0.717) is 31.8 Å². The fourth-order valence-corrected chi connectivity index (χ4v) is 3.02. The van der Waals surface area contributed by atoms with Crippen LogP contribution < -0.4 is 15.2 Å². The van der Waals surface area contributed by atoms with Gasteiger partial charge in [-0.2, -0.15) is 0 Å². The Kier molecular flexibility index (Phi) is 5.86. The lowest BCUT2D eigenvalue weighted by Gasteiger charge is -2.10. The Balaban J connectivity index is 1.97. The van der Waals surface area contributed by atoms with Crippen LogP contribution in [0.4, 0.5) is 5.82 Å². The Labute approximate surface area is 158 Å². The molecular weight excluding hydrogens is 342 g/mol. The van der Waals surface area contributed by atoms with E-state index in [1.54, 1.807) is 18.7 Å². The highest BCUT2D eigenvalue weighted by atomic mass is 16.5. The summed E-state index contributed by atoms with van der Waals surface area (Å²) in [4.78, 5) is 11.6. The topological polar surface area (TPSA) is 78.3 Å². The zero-order chi connectivity index (χ0) is 19.2. The smallest absolute Gasteiger partial charge is 0.305 e. The van der Waals surface area contributed by atoms with Crippen molar-refractivity contribution in [1.29, 1.82) is 0 Å². The molecule has 0 aliphatic carbocycles. The van der Waals surface area contributed by atoms with E-state index in [4.69, 9.17) is 20.3 Å². The van der Waals surface area contributed by atoms with Crippen molar-refractivity contribution in [1.82, 2.24) is 5.10 Å². The van der Waals surface area contributed by atoms with Crippen LogP contribution in [-0.2, 0) is 16.1 Å². The second kappa shape index (κ2) is 8.49. The van der Waals surface area contributed by atoms with E-state index in [9.17, 15) is 4.79 Å². The molecule has 6 nitrogen and oxygen atoms in total. The molecule has 0 radical (unpaired) electrons. The number of esters is 1. The van der Waals surface area contributed by atoms with Crippen LogP contribution in [0.2, 0.25) is 0 Å². The van der Waals surface area contributed by atoms with Crippen LogP contribution in [-0.4, -0.2) is 24.8 Å². The van der Waals surface area contributed by atoms with Gasteiger partial charge in [0.05, 0.1) is 19.1 Å². The molecule has 0 saturated heterocycles. The van der Waals surface area contributed by atoms with Crippen molar-refractivity contribution >= 4 is 22.6 Å². The van der Waals surface area contributed by atoms with E-state index in [-0.39, 0.29) is 5.97 Å². The molecule has 0 saturated carbocycles. The molecule has 0 amide bonds. The van der Waals surface area contributed by atoms with Crippen molar-refractivity contribution in [3.05, 3.63) is 48.5 Å². The zero-order valence-corrected chi connectivity index (χ0v) is 15.6. The highest BCUT2D eigenvalue weighted by Gasteiger charge is 2.18. The summed E-state index contributed by atoms with van der Waals surface area (Å²) in [5.74, 6) is 1.18. The Morgan fingerprint density at radius 1 is 1.11 bits per heavy atom. The molecule has 27 heavy (non-hydrogen) atoms. The summed E-state index contributed by atoms with van der Waals surface area (Å²) in [6.45, 7) is 2.74. The normalized spacial score (nSPS) is 10.7. The van der Waals surface area contributed by atoms with Gasteiger partial charge >= 0.3 is 11.8 Å². The van der Waals surface area contributed by atoms with Gasteiger partial charge in [0.25, 0.3) is 0 Å². The van der Waals surface area contributed by atoms with E-state index in [2.05, 4.69) is 0 Å². The lowest BCUT2D eigenvalue weighted by atomic mass is 10.0. The number of rotatable bonds is 7. The van der Waals surface area contributed by atoms with Gasteiger partial charge < -0.3 is 9.47 Å². The maximum Gasteiger partial charge on any atom is 0.305 e. The molecule has 3 aromatic rings. The van der Waals surface area contributed by atoms with Gasteiger partial charge in [-0.05, 0) is 43.7 Å². The Hall–Kier alpha value is -3.15. The third kappa shape index (κ3) is 4.16. The largest absolute Gasteiger partial charge is 0.497 e. The van der Waals surface area contributed by atoms with Gasteiger partial charge in [0.1, 0.15) is 18.0 Å². The number of hydrogen-bond donors (Lipinski definition) is 1. The van der Waals surface area contributed by atoms with Gasteiger partial charge in [0.2, 0.25) is 0 Å². The first-order chi connectivity index (χ1) is 13.1. The number of nitrogen functional groups attached to an aromatic ring is 1. The number of fused-ring (bicyclic) bond motifs is 1. The van der Waals surface area contributed by atoms with Gasteiger partial charge in [-0.15, -0.1) is 4.68 Å². The number of ether oxygens (including phenoxy) is 2. The molecular formula is C21H24N3O3+. The summed E-state index contributed by atoms with van der Waals surface area (Å²) >= 11 is 0. The van der Waals surface area contributed by atoms with Crippen LogP contribution in [0.5, 0.6) is 5.75 Å². The van der Waals surface area contributed by atoms with E-state index in [0.717, 1.165) is 27.8 Å². The second-order valence-electron chi connectivity index (χ2n) is 6.14. The van der Waals surface area contributed by atoms with Gasteiger partial charge in [0, 0.05) is 17.4 Å². The van der Waals surface area contributed by atoms with E-state index >= 15 is 0 Å². The average molecular weight is 366 g/mol. The minimum atomic E-state index is -0.201. The average Bonchev–Trinajstić information content (AvgIpc) is 2.70. The lowest BCUT2D eigenvalue weighted by molar-refractivity contribution is -0.738. The first-order valence-corrected chi connectivity index (χ1v) is 9.02. The number of benzene rings is 2. The van der Waals surface area contributed by atoms with Crippen molar-refractivity contribution in [3.63, 3.8) is 0 Å². The maximum atomic E-state index is 11.6. The number of aromatic nitrogens is 2. The molecule has 2 N–H and O–H groups in total. The van der Waals surface area contributed by atoms with Gasteiger partial charge in [-0.25, -0.2) is 0 Å². The molecule has 3 rings (SSSR count). The molecule has 140 valence electrons. The van der Waals surface area contributed by atoms with Gasteiger partial charge in [0.15, 0.2) is 0 Å². The van der Waals surface area contributed by atoms with Crippen LogP contribution >= 0.6 is 0 Å². The maximum absolute atomic E-state index is 11.6. The predicted octanol–water partition coefficient (Wildman–Crippen LogP) is 3.12. The highest BCUT2D eigenvalue weighted by Crippen LogP contribution is 2.29. The fourth-order valence-electron chi connectivity index (χ4n) is 3.02. The third-order valence-electron chi connectivity index (χ3n) is 4.38. The predicted molar refractivity (Wildman–Crippen MR) is 104 cm³/mol. The standard InChI is InChI=1S/C21H23N3O3/c1-3-27-19(25)9-6-14-24-21(22)18-8-5-4-7-17(18)20(23-24)15-10-12-16(26-2)13-11-15/h4-5,7-8,10-13,22H,3,6,9,14H2,1-2H3/p+1. The first kappa shape index (κ1) is 18.6. The Morgan fingerprint density at radius 2 is 1.81 bits per heavy atom. The fraction of sp³-hybridized carbons (Fsp3) is 0.286. The number of carbonyl (C=O) groups is 1. The van der Waals surface area contributed by atoms with Gasteiger partial charge in [-0.3, -0.25) is 10.5 Å². The minimum Gasteiger partial charge on any atom is -0.497 e. The number of hydrogen-bond acceptors (Lipinski definition) is 5. The van der Waals surface area contributed by atoms with Crippen LogP contribution in [0, 0.1) is 0 Å². The molecule has 0 bridgehead atoms. The minimum absolute atomic E-state index is 0.201. The van der Waals surface area contributed by atoms with E-state index in [1.165, 1.54) is 0 Å². The number of nitrogens with two attached hydrogens (primary N) is 1. The SMILES string of the molecule is CCOC(=O)CCC[n+]1nc(-c2ccc(OC)cc2)c2ccccc2c1N. The monoisotopic (exact) mass is 366 g/mol. The second-order valence-corrected chi connectivity index (χ2v) is 6.14. The summed E-state index contributed by atoms with van der Waals surface area (Å²) in [5, 5.41) is 6.69. The quantitative estimate of drug-likeness (QED) is 0.513. The van der Waals surface area contributed by atoms with Crippen LogP contribution in [0.3, 0.4) is 0 Å². The van der Waals surface area contributed by atoms with Crippen molar-refractivity contribution < 1.29 is 19.0 Å². The third-order valence-corrected chi connectivity index (χ3v) is 4.38. The number of methoxy groups -OCH3 is 1. The van der Waals surface area contributed by atoms with Crippen molar-refractivity contribution in [2.45, 2.75) is 26.3 Å². The molecule has 0 spiro atoms. The molecule has 6 heteroatoms. The van der Waals surface area contributed by atoms with E-state index in [1.807, 2.05) is 48.5 Å². The van der Waals surface area contributed by atoms with E-state index < -0.39 is 0 Å². The molecule has 1 heterocycles. The van der Waals surface area contributed by atoms with Crippen LogP contribution in [0.25, 0.3) is 22.0 Å². The molecule has 0 unspecified atom stereocenters. The summed E-state index contributed by atoms with van der Waals surface area (Å²) in [6, 6.07) is 15.7. The first-order valence-electron chi connectivity index (χ1n) is 9.02. The molecule has 2 aromatic carbocycles. The Morgan fingerprint density at radius 3 is 2.48 bits per heavy atom. The molecule has 0 aliphatic rings. The summed E-state index contributed by atoms with van der Waals surface area (Å²) < 4.78 is 12.0. The number of carbonyl (C=O) groups excluding carboxylic acids is 1. The van der Waals surface area contributed by atoms with Gasteiger partial charge in [-0.1, -0.05) is 23.3 Å². The molecule has 1 aromatic heterocycles. The summed E-state index contributed by atoms with van der Waals surface area (Å²) in [6.07, 6.45) is 0.952. The number of nitrogens with zero attached hydrogens (tertiary/aromatic N) is 2. The summed E-state index contributed by atoms with van der Waals surface area (Å²) in [5.41, 5.74) is 8.18. The van der Waals surface area contributed by atoms with Crippen molar-refractivity contribution in [2.75, 3.05) is 19.5 Å². The number of aryl methyl sites for hydroxylation is 1. The molecule has 0 atom stereocenters. The Bertz CT molecular complexity index is 939. The highest BCUT2D eigenvalue weighted by molar-refractivity contribution is 5.98. The summed E-state index contributed by atoms with van der Waals surface area (Å²) in [7, 11) is 1.64. The zero-order valence-electron chi connectivity index (χ0n) is 15.6. The van der Waals surface area contributed by atoms with Crippen molar-refractivity contribution in [3.8, 4) is 17.0 Å². The van der Waals surface area contributed by atoms with Crippen molar-refractivity contribution in [2.24, 2.45) is 0 Å².